The molecular formula is C15H21NO3S. The number of aliphatic carboxylic acids is 1. The van der Waals surface area contributed by atoms with Gasteiger partial charge in [-0.1, -0.05) is 26.0 Å². The van der Waals surface area contributed by atoms with Gasteiger partial charge in [0.2, 0.25) is 0 Å². The third-order valence-electron chi connectivity index (χ3n) is 2.97. The van der Waals surface area contributed by atoms with Gasteiger partial charge >= 0.3 is 5.97 Å². The lowest BCUT2D eigenvalue weighted by Crippen LogP contribution is -2.33. The smallest absolute Gasteiger partial charge is 0.308 e. The van der Waals surface area contributed by atoms with E-state index < -0.39 is 11.9 Å². The summed E-state index contributed by atoms with van der Waals surface area (Å²) in [6.45, 7) is 4.11. The van der Waals surface area contributed by atoms with Gasteiger partial charge in [0.05, 0.1) is 11.5 Å². The first-order chi connectivity index (χ1) is 9.45. The standard InChI is InChI=1S/C15H21NO3S/c1-10(2)8-11(15(18)19)9-16-14(17)12-6-4-5-7-13(12)20-3/h4-7,10-11H,8-9H2,1-3H3,(H,16,17)(H,18,19). The lowest BCUT2D eigenvalue weighted by atomic mass is 9.97. The van der Waals surface area contributed by atoms with Crippen LogP contribution in [0.15, 0.2) is 29.2 Å². The van der Waals surface area contributed by atoms with Crippen molar-refractivity contribution in [1.29, 1.82) is 0 Å². The SMILES string of the molecule is CSc1ccccc1C(=O)NCC(CC(C)C)C(=O)O. The molecule has 20 heavy (non-hydrogen) atoms. The second kappa shape index (κ2) is 7.94. The summed E-state index contributed by atoms with van der Waals surface area (Å²) in [6.07, 6.45) is 2.46. The quantitative estimate of drug-likeness (QED) is 0.759. The van der Waals surface area contributed by atoms with Crippen LogP contribution in [0.5, 0.6) is 0 Å². The number of nitrogens with one attached hydrogen (secondary N) is 1. The number of thioether (sulfide) groups is 1. The van der Waals surface area contributed by atoms with Crippen LogP contribution in [0.25, 0.3) is 0 Å². The highest BCUT2D eigenvalue weighted by Gasteiger charge is 2.20. The molecule has 1 aromatic rings. The topological polar surface area (TPSA) is 66.4 Å². The second-order valence-electron chi connectivity index (χ2n) is 5.08. The molecule has 0 aliphatic carbocycles. The van der Waals surface area contributed by atoms with Crippen LogP contribution in [-0.4, -0.2) is 29.8 Å². The Kier molecular flexibility index (Phi) is 6.58. The van der Waals surface area contributed by atoms with Crippen LogP contribution in [0, 0.1) is 11.8 Å². The average Bonchev–Trinajstić information content (AvgIpc) is 2.42. The van der Waals surface area contributed by atoms with Crippen molar-refractivity contribution in [3.63, 3.8) is 0 Å². The maximum Gasteiger partial charge on any atom is 0.308 e. The lowest BCUT2D eigenvalue weighted by molar-refractivity contribution is -0.142. The van der Waals surface area contributed by atoms with Gasteiger partial charge in [0.25, 0.3) is 5.91 Å². The zero-order valence-electron chi connectivity index (χ0n) is 12.1. The van der Waals surface area contributed by atoms with Crippen molar-refractivity contribution >= 4 is 23.6 Å². The summed E-state index contributed by atoms with van der Waals surface area (Å²) in [5, 5.41) is 11.9. The van der Waals surface area contributed by atoms with Gasteiger partial charge in [-0.15, -0.1) is 11.8 Å². The predicted molar refractivity (Wildman–Crippen MR) is 81.1 cm³/mol. The molecule has 0 saturated carbocycles. The van der Waals surface area contributed by atoms with E-state index in [1.54, 1.807) is 12.1 Å². The maximum atomic E-state index is 12.1. The molecular weight excluding hydrogens is 274 g/mol. The number of hydrogen-bond acceptors (Lipinski definition) is 3. The first kappa shape index (κ1) is 16.6. The summed E-state index contributed by atoms with van der Waals surface area (Å²) in [5.41, 5.74) is 0.591. The summed E-state index contributed by atoms with van der Waals surface area (Å²) in [6, 6.07) is 7.31. The molecule has 1 rings (SSSR count). The number of benzene rings is 1. The molecule has 5 heteroatoms. The Morgan fingerprint density at radius 3 is 2.50 bits per heavy atom. The maximum absolute atomic E-state index is 12.1. The number of carbonyl (C=O) groups is 2. The van der Waals surface area contributed by atoms with Crippen molar-refractivity contribution in [2.45, 2.75) is 25.2 Å². The molecule has 4 nitrogen and oxygen atoms in total. The van der Waals surface area contributed by atoms with E-state index in [0.29, 0.717) is 12.0 Å². The molecule has 1 atom stereocenters. The molecule has 1 amide bonds. The van der Waals surface area contributed by atoms with Crippen LogP contribution in [0.4, 0.5) is 0 Å². The highest BCUT2D eigenvalue weighted by molar-refractivity contribution is 7.98. The highest BCUT2D eigenvalue weighted by Crippen LogP contribution is 2.20. The molecule has 0 fully saturated rings. The van der Waals surface area contributed by atoms with Gasteiger partial charge < -0.3 is 10.4 Å². The molecule has 0 saturated heterocycles. The zero-order valence-corrected chi connectivity index (χ0v) is 12.9. The van der Waals surface area contributed by atoms with Gasteiger partial charge in [-0.05, 0) is 30.7 Å². The Balaban J connectivity index is 2.68. The van der Waals surface area contributed by atoms with Crippen molar-refractivity contribution in [2.75, 3.05) is 12.8 Å². The molecule has 0 heterocycles. The summed E-state index contributed by atoms with van der Waals surface area (Å²) in [7, 11) is 0. The van der Waals surface area contributed by atoms with Gasteiger partial charge in [0.1, 0.15) is 0 Å². The van der Waals surface area contributed by atoms with Crippen LogP contribution in [0.1, 0.15) is 30.6 Å². The van der Waals surface area contributed by atoms with Crippen molar-refractivity contribution < 1.29 is 14.7 Å². The summed E-state index contributed by atoms with van der Waals surface area (Å²) in [5.74, 6) is -1.34. The zero-order chi connectivity index (χ0) is 15.1. The first-order valence-corrected chi connectivity index (χ1v) is 7.82. The summed E-state index contributed by atoms with van der Waals surface area (Å²) < 4.78 is 0. The Morgan fingerprint density at radius 1 is 1.30 bits per heavy atom. The number of hydrogen-bond donors (Lipinski definition) is 2. The Hall–Kier alpha value is -1.49. The molecule has 1 unspecified atom stereocenters. The molecule has 2 N–H and O–H groups in total. The molecule has 0 aliphatic rings. The Morgan fingerprint density at radius 2 is 1.95 bits per heavy atom. The summed E-state index contributed by atoms with van der Waals surface area (Å²) in [4.78, 5) is 24.2. The monoisotopic (exact) mass is 295 g/mol. The Bertz CT molecular complexity index is 474. The van der Waals surface area contributed by atoms with Gasteiger partial charge in [-0.25, -0.2) is 0 Å². The molecule has 0 bridgehead atoms. The number of carboxylic acids is 1. The normalized spacial score (nSPS) is 12.2. The minimum absolute atomic E-state index is 0.162. The van der Waals surface area contributed by atoms with E-state index in [2.05, 4.69) is 5.32 Å². The number of amides is 1. The fourth-order valence-corrected chi connectivity index (χ4v) is 2.58. The second-order valence-corrected chi connectivity index (χ2v) is 5.92. The van der Waals surface area contributed by atoms with Crippen molar-refractivity contribution in [1.82, 2.24) is 5.32 Å². The third kappa shape index (κ3) is 4.89. The number of carboxylic acid groups (broad SMARTS) is 1. The minimum atomic E-state index is -0.864. The van der Waals surface area contributed by atoms with E-state index in [1.165, 1.54) is 11.8 Å². The van der Waals surface area contributed by atoms with Crippen LogP contribution in [0.3, 0.4) is 0 Å². The number of carbonyl (C=O) groups excluding carboxylic acids is 1. The molecule has 110 valence electrons. The lowest BCUT2D eigenvalue weighted by Gasteiger charge is -2.16. The molecule has 1 aromatic carbocycles. The van der Waals surface area contributed by atoms with E-state index in [0.717, 1.165) is 4.90 Å². The van der Waals surface area contributed by atoms with Crippen molar-refractivity contribution in [2.24, 2.45) is 11.8 Å². The van der Waals surface area contributed by atoms with E-state index in [1.807, 2.05) is 32.2 Å². The van der Waals surface area contributed by atoms with Crippen LogP contribution < -0.4 is 5.32 Å². The molecule has 0 aromatic heterocycles. The largest absolute Gasteiger partial charge is 0.481 e. The fraction of sp³-hybridized carbons (Fsp3) is 0.467. The van der Waals surface area contributed by atoms with Crippen LogP contribution >= 0.6 is 11.8 Å². The predicted octanol–water partition coefficient (Wildman–Crippen LogP) is 2.89. The van der Waals surface area contributed by atoms with Gasteiger partial charge in [-0.3, -0.25) is 9.59 Å². The minimum Gasteiger partial charge on any atom is -0.481 e. The van der Waals surface area contributed by atoms with Crippen LogP contribution in [0.2, 0.25) is 0 Å². The molecule has 0 radical (unpaired) electrons. The van der Waals surface area contributed by atoms with Crippen LogP contribution in [-0.2, 0) is 4.79 Å². The van der Waals surface area contributed by atoms with Gasteiger partial charge in [-0.2, -0.15) is 0 Å². The van der Waals surface area contributed by atoms with Gasteiger partial charge in [0.15, 0.2) is 0 Å². The third-order valence-corrected chi connectivity index (χ3v) is 3.76. The average molecular weight is 295 g/mol. The van der Waals surface area contributed by atoms with E-state index in [4.69, 9.17) is 5.11 Å². The van der Waals surface area contributed by atoms with Crippen molar-refractivity contribution in [3.8, 4) is 0 Å². The van der Waals surface area contributed by atoms with E-state index in [-0.39, 0.29) is 18.4 Å². The van der Waals surface area contributed by atoms with E-state index >= 15 is 0 Å². The van der Waals surface area contributed by atoms with E-state index in [9.17, 15) is 9.59 Å². The summed E-state index contributed by atoms with van der Waals surface area (Å²) >= 11 is 1.50. The fourth-order valence-electron chi connectivity index (χ4n) is 1.98. The number of rotatable bonds is 7. The Labute approximate surface area is 124 Å². The van der Waals surface area contributed by atoms with Crippen molar-refractivity contribution in [3.05, 3.63) is 29.8 Å². The molecule has 0 spiro atoms. The molecule has 0 aliphatic heterocycles. The first-order valence-electron chi connectivity index (χ1n) is 6.59. The highest BCUT2D eigenvalue weighted by atomic mass is 32.2. The van der Waals surface area contributed by atoms with Gasteiger partial charge in [0, 0.05) is 11.4 Å².